The average Bonchev–Trinajstić information content (AvgIpc) is 3.35. The molecule has 1 aliphatic carbocycles. The van der Waals surface area contributed by atoms with Crippen LogP contribution >= 0.6 is 0 Å². The van der Waals surface area contributed by atoms with Crippen LogP contribution in [-0.2, 0) is 17.8 Å². The summed E-state index contributed by atoms with van der Waals surface area (Å²) in [4.78, 5) is 17.6. The highest BCUT2D eigenvalue weighted by molar-refractivity contribution is 5.84. The van der Waals surface area contributed by atoms with Crippen LogP contribution in [0, 0.1) is 17.8 Å². The molecule has 3 N–H and O–H groups in total. The summed E-state index contributed by atoms with van der Waals surface area (Å²) in [7, 11) is 1.65. The molecule has 0 spiro atoms. The molecule has 7 heteroatoms. The lowest BCUT2D eigenvalue weighted by Crippen LogP contribution is -2.34. The van der Waals surface area contributed by atoms with E-state index in [-0.39, 0.29) is 5.92 Å². The first-order valence-corrected chi connectivity index (χ1v) is 12.7. The number of methoxy groups -OCH3 is 1. The lowest BCUT2D eigenvalue weighted by Gasteiger charge is -2.25. The number of carbonyl (C=O) groups excluding carboxylic acids is 1. The van der Waals surface area contributed by atoms with Gasteiger partial charge in [0.05, 0.1) is 13.0 Å². The maximum Gasteiger partial charge on any atom is 0.260 e. The van der Waals surface area contributed by atoms with Crippen molar-refractivity contribution in [3.63, 3.8) is 0 Å². The van der Waals surface area contributed by atoms with Crippen molar-refractivity contribution in [3.05, 3.63) is 95.7 Å². The van der Waals surface area contributed by atoms with E-state index in [2.05, 4.69) is 58.3 Å². The third-order valence-electron chi connectivity index (χ3n) is 6.97. The molecule has 0 fully saturated rings. The van der Waals surface area contributed by atoms with Gasteiger partial charge in [0.1, 0.15) is 24.0 Å². The molecule has 2 unspecified atom stereocenters. The molecule has 4 aromatic rings. The second-order valence-electron chi connectivity index (χ2n) is 9.37. The molecule has 0 saturated heterocycles. The van der Waals surface area contributed by atoms with E-state index in [4.69, 9.17) is 14.7 Å². The first-order chi connectivity index (χ1) is 18.6. The van der Waals surface area contributed by atoms with Crippen LogP contribution < -0.4 is 15.0 Å². The predicted octanol–water partition coefficient (Wildman–Crippen LogP) is 4.52. The van der Waals surface area contributed by atoms with Crippen molar-refractivity contribution >= 4 is 16.8 Å². The molecule has 3 aromatic carbocycles. The van der Waals surface area contributed by atoms with Gasteiger partial charge in [0.25, 0.3) is 5.91 Å². The number of amides is 1. The van der Waals surface area contributed by atoms with E-state index >= 15 is 0 Å². The van der Waals surface area contributed by atoms with Gasteiger partial charge in [-0.25, -0.2) is 5.48 Å². The molecule has 0 radical (unpaired) electrons. The highest BCUT2D eigenvalue weighted by Gasteiger charge is 2.32. The van der Waals surface area contributed by atoms with Gasteiger partial charge >= 0.3 is 0 Å². The molecule has 1 heterocycles. The zero-order chi connectivity index (χ0) is 26.3. The Kier molecular flexibility index (Phi) is 7.93. The standard InChI is InChI=1S/C31H31N3O4/c1-37-25-10-12-26(13-11-25)38-19-18-34(17-16-24-20-32-30-5-3-2-4-28(24)30)21-22-6-8-23(9-7-22)27-14-15-29(27)31(35)33-36/h2-13,20,27,29,32,36H,16-19,21H2,1H3,(H,33,35). The van der Waals surface area contributed by atoms with Gasteiger partial charge < -0.3 is 14.5 Å². The SMILES string of the molecule is COc1ccc(OCCN(CCc2c[nH]c3ccccc23)Cc2ccc(C3C#CC3C(=O)NO)cc2)cc1. The molecule has 0 saturated carbocycles. The summed E-state index contributed by atoms with van der Waals surface area (Å²) in [5.74, 6) is 6.32. The summed E-state index contributed by atoms with van der Waals surface area (Å²) in [6, 6.07) is 24.2. The molecule has 5 rings (SSSR count). The fourth-order valence-corrected chi connectivity index (χ4v) is 4.75. The first-order valence-electron chi connectivity index (χ1n) is 12.7. The fourth-order valence-electron chi connectivity index (χ4n) is 4.75. The Bertz CT molecular complexity index is 1430. The Morgan fingerprint density at radius 2 is 1.76 bits per heavy atom. The number of hydroxylamine groups is 1. The number of aromatic amines is 1. The Hall–Kier alpha value is -4.25. The number of fused-ring (bicyclic) bond motifs is 1. The van der Waals surface area contributed by atoms with Crippen molar-refractivity contribution in [3.8, 4) is 23.3 Å². The van der Waals surface area contributed by atoms with E-state index in [0.29, 0.717) is 6.61 Å². The van der Waals surface area contributed by atoms with Gasteiger partial charge in [0, 0.05) is 36.7 Å². The van der Waals surface area contributed by atoms with Gasteiger partial charge in [-0.2, -0.15) is 0 Å². The minimum atomic E-state index is -0.506. The fraction of sp³-hybridized carbons (Fsp3) is 0.258. The van der Waals surface area contributed by atoms with Gasteiger partial charge in [0.15, 0.2) is 0 Å². The topological polar surface area (TPSA) is 86.8 Å². The molecule has 1 aromatic heterocycles. The predicted molar refractivity (Wildman–Crippen MR) is 146 cm³/mol. The summed E-state index contributed by atoms with van der Waals surface area (Å²) >= 11 is 0. The van der Waals surface area contributed by atoms with Gasteiger partial charge in [-0.3, -0.25) is 14.9 Å². The maximum absolute atomic E-state index is 11.8. The van der Waals surface area contributed by atoms with Crippen LogP contribution in [0.4, 0.5) is 0 Å². The minimum Gasteiger partial charge on any atom is -0.497 e. The number of para-hydroxylation sites is 1. The molecule has 1 aliphatic rings. The van der Waals surface area contributed by atoms with Crippen molar-refractivity contribution in [2.24, 2.45) is 5.92 Å². The van der Waals surface area contributed by atoms with Crippen LogP contribution in [0.2, 0.25) is 0 Å². The summed E-state index contributed by atoms with van der Waals surface area (Å²) in [6.07, 6.45) is 3.02. The van der Waals surface area contributed by atoms with Crippen LogP contribution in [0.1, 0.15) is 22.6 Å². The van der Waals surface area contributed by atoms with Crippen molar-refractivity contribution in [2.45, 2.75) is 18.9 Å². The number of H-pyrrole nitrogens is 1. The van der Waals surface area contributed by atoms with Crippen LogP contribution in [-0.4, -0.2) is 47.8 Å². The number of nitrogens with zero attached hydrogens (tertiary/aromatic N) is 1. The number of hydrogen-bond acceptors (Lipinski definition) is 5. The summed E-state index contributed by atoms with van der Waals surface area (Å²) in [6.45, 7) is 2.98. The second kappa shape index (κ2) is 11.9. The first kappa shape index (κ1) is 25.4. The molecule has 0 aliphatic heterocycles. The van der Waals surface area contributed by atoms with Crippen molar-refractivity contribution in [2.75, 3.05) is 26.8 Å². The minimum absolute atomic E-state index is 0.188. The Morgan fingerprint density at radius 1 is 1.00 bits per heavy atom. The zero-order valence-corrected chi connectivity index (χ0v) is 21.3. The van der Waals surface area contributed by atoms with Crippen molar-refractivity contribution in [1.29, 1.82) is 0 Å². The molecule has 0 bridgehead atoms. The van der Waals surface area contributed by atoms with Crippen LogP contribution in [0.3, 0.4) is 0 Å². The Labute approximate surface area is 222 Å². The average molecular weight is 510 g/mol. The Morgan fingerprint density at radius 3 is 2.47 bits per heavy atom. The largest absolute Gasteiger partial charge is 0.497 e. The van der Waals surface area contributed by atoms with E-state index in [0.717, 1.165) is 48.6 Å². The van der Waals surface area contributed by atoms with Gasteiger partial charge in [-0.05, 0) is 53.4 Å². The number of hydrogen-bond donors (Lipinski definition) is 3. The molecule has 7 nitrogen and oxygen atoms in total. The lowest BCUT2D eigenvalue weighted by atomic mass is 9.79. The van der Waals surface area contributed by atoms with Gasteiger partial charge in [-0.15, -0.1) is 0 Å². The van der Waals surface area contributed by atoms with Crippen molar-refractivity contribution in [1.82, 2.24) is 15.4 Å². The molecule has 38 heavy (non-hydrogen) atoms. The van der Waals surface area contributed by atoms with E-state index in [1.807, 2.05) is 42.5 Å². The van der Waals surface area contributed by atoms with Crippen LogP contribution in [0.5, 0.6) is 11.5 Å². The van der Waals surface area contributed by atoms with E-state index in [1.54, 1.807) is 12.6 Å². The quantitative estimate of drug-likeness (QED) is 0.149. The number of carbonyl (C=O) groups is 1. The normalized spacial score (nSPS) is 16.0. The number of nitrogens with one attached hydrogen (secondary N) is 2. The molecular formula is C31H31N3O4. The van der Waals surface area contributed by atoms with Crippen molar-refractivity contribution < 1.29 is 19.5 Å². The second-order valence-corrected chi connectivity index (χ2v) is 9.37. The van der Waals surface area contributed by atoms with Crippen LogP contribution in [0.25, 0.3) is 10.9 Å². The summed E-state index contributed by atoms with van der Waals surface area (Å²) in [5, 5.41) is 10.2. The highest BCUT2D eigenvalue weighted by atomic mass is 16.5. The van der Waals surface area contributed by atoms with Gasteiger partial charge in [0.2, 0.25) is 0 Å². The third-order valence-corrected chi connectivity index (χ3v) is 6.97. The maximum atomic E-state index is 11.8. The molecular weight excluding hydrogens is 478 g/mol. The zero-order valence-electron chi connectivity index (χ0n) is 21.3. The number of benzene rings is 3. The summed E-state index contributed by atoms with van der Waals surface area (Å²) in [5.41, 5.74) is 6.32. The van der Waals surface area contributed by atoms with Crippen LogP contribution in [0.15, 0.2) is 79.0 Å². The Balaban J connectivity index is 1.24. The number of rotatable bonds is 12. The smallest absolute Gasteiger partial charge is 0.260 e. The summed E-state index contributed by atoms with van der Waals surface area (Å²) < 4.78 is 11.3. The van der Waals surface area contributed by atoms with E-state index in [1.165, 1.54) is 16.5 Å². The lowest BCUT2D eigenvalue weighted by molar-refractivity contribution is -0.132. The molecule has 194 valence electrons. The highest BCUT2D eigenvalue weighted by Crippen LogP contribution is 2.30. The van der Waals surface area contributed by atoms with E-state index < -0.39 is 11.8 Å². The monoisotopic (exact) mass is 509 g/mol. The number of ether oxygens (including phenoxy) is 2. The van der Waals surface area contributed by atoms with Gasteiger partial charge in [-0.1, -0.05) is 54.3 Å². The molecule has 2 atom stereocenters. The van der Waals surface area contributed by atoms with E-state index in [9.17, 15) is 4.79 Å². The molecule has 1 amide bonds. The third kappa shape index (κ3) is 5.83. The number of aromatic nitrogens is 1.